The second kappa shape index (κ2) is 9.71. The van der Waals surface area contributed by atoms with Crippen LogP contribution in [0.3, 0.4) is 0 Å². The molecule has 0 unspecified atom stereocenters. The molecule has 1 saturated heterocycles. The fraction of sp³-hybridized carbons (Fsp3) is 0.417. The van der Waals surface area contributed by atoms with Crippen LogP contribution in [0.2, 0.25) is 5.02 Å². The van der Waals surface area contributed by atoms with Gasteiger partial charge in [-0.3, -0.25) is 19.4 Å². The highest BCUT2D eigenvalue weighted by atomic mass is 35.5. The Morgan fingerprint density at radius 1 is 1.06 bits per heavy atom. The number of fused-ring (bicyclic) bond motifs is 1. The van der Waals surface area contributed by atoms with Crippen LogP contribution in [0.5, 0.6) is 0 Å². The zero-order chi connectivity index (χ0) is 21.8. The summed E-state index contributed by atoms with van der Waals surface area (Å²) < 4.78 is 0. The molecular weight excluding hydrogens is 412 g/mol. The molecule has 2 aromatic rings. The molecule has 31 heavy (non-hydrogen) atoms. The molecule has 0 aromatic heterocycles. The number of carbonyl (C=O) groups excluding carboxylic acids is 2. The maximum absolute atomic E-state index is 12.8. The molecule has 7 heteroatoms. The molecule has 0 saturated carbocycles. The fourth-order valence-corrected chi connectivity index (χ4v) is 4.70. The van der Waals surface area contributed by atoms with E-state index >= 15 is 0 Å². The summed E-state index contributed by atoms with van der Waals surface area (Å²) in [6.07, 6.45) is 1.47. The van der Waals surface area contributed by atoms with Crippen molar-refractivity contribution in [1.29, 1.82) is 0 Å². The Bertz CT molecular complexity index is 943. The van der Waals surface area contributed by atoms with Crippen LogP contribution in [0.25, 0.3) is 0 Å². The van der Waals surface area contributed by atoms with Crippen molar-refractivity contribution >= 4 is 34.8 Å². The van der Waals surface area contributed by atoms with Crippen LogP contribution in [-0.2, 0) is 16.0 Å². The third-order valence-corrected chi connectivity index (χ3v) is 6.35. The van der Waals surface area contributed by atoms with Gasteiger partial charge in [0.25, 0.3) is 0 Å². The number of nitrogens with one attached hydrogen (secondary N) is 1. The van der Waals surface area contributed by atoms with Crippen LogP contribution in [-0.4, -0.2) is 62.0 Å². The van der Waals surface area contributed by atoms with Crippen molar-refractivity contribution in [2.45, 2.75) is 25.8 Å². The number of piperazine rings is 1. The van der Waals surface area contributed by atoms with E-state index in [1.165, 1.54) is 12.6 Å². The lowest BCUT2D eigenvalue weighted by Crippen LogP contribution is -2.48. The lowest BCUT2D eigenvalue weighted by atomic mass is 10.1. The van der Waals surface area contributed by atoms with Gasteiger partial charge in [0.1, 0.15) is 6.04 Å². The number of hydrogen-bond acceptors (Lipinski definition) is 4. The molecule has 0 radical (unpaired) electrons. The lowest BCUT2D eigenvalue weighted by molar-refractivity contribution is -0.125. The van der Waals surface area contributed by atoms with Crippen LogP contribution >= 0.6 is 11.6 Å². The summed E-state index contributed by atoms with van der Waals surface area (Å²) in [6.45, 7) is 7.02. The molecular formula is C24H29ClN4O2. The van der Waals surface area contributed by atoms with Gasteiger partial charge in [-0.15, -0.1) is 0 Å². The predicted octanol–water partition coefficient (Wildman–Crippen LogP) is 2.95. The highest BCUT2D eigenvalue weighted by molar-refractivity contribution is 6.30. The summed E-state index contributed by atoms with van der Waals surface area (Å²) in [6, 6.07) is 15.3. The van der Waals surface area contributed by atoms with Crippen LogP contribution < -0.4 is 15.1 Å². The Morgan fingerprint density at radius 3 is 2.58 bits per heavy atom. The topological polar surface area (TPSA) is 55.9 Å². The molecule has 1 fully saturated rings. The lowest BCUT2D eigenvalue weighted by Gasteiger charge is -2.36. The number of nitrogens with zero attached hydrogens (tertiary/aromatic N) is 3. The number of hydrogen-bond donors (Lipinski definition) is 1. The Hall–Kier alpha value is -2.57. The molecule has 164 valence electrons. The molecule has 4 rings (SSSR count). The first-order chi connectivity index (χ1) is 15.0. The van der Waals surface area contributed by atoms with Gasteiger partial charge in [0.15, 0.2) is 0 Å². The number of halogens is 1. The number of rotatable bonds is 6. The molecule has 2 heterocycles. The van der Waals surface area contributed by atoms with Gasteiger partial charge >= 0.3 is 0 Å². The van der Waals surface area contributed by atoms with E-state index < -0.39 is 6.04 Å². The minimum absolute atomic E-state index is 0.0721. The Morgan fingerprint density at radius 2 is 1.84 bits per heavy atom. The average Bonchev–Trinajstić information content (AvgIpc) is 3.17. The first kappa shape index (κ1) is 21.7. The van der Waals surface area contributed by atoms with Gasteiger partial charge in [-0.25, -0.2) is 0 Å². The van der Waals surface area contributed by atoms with E-state index in [0.29, 0.717) is 13.0 Å². The Balaban J connectivity index is 1.20. The third kappa shape index (κ3) is 5.02. The monoisotopic (exact) mass is 440 g/mol. The highest BCUT2D eigenvalue weighted by Gasteiger charge is 2.36. The largest absolute Gasteiger partial charge is 0.369 e. The van der Waals surface area contributed by atoms with Crippen LogP contribution in [0.15, 0.2) is 48.5 Å². The fourth-order valence-electron chi connectivity index (χ4n) is 4.52. The highest BCUT2D eigenvalue weighted by Crippen LogP contribution is 2.32. The summed E-state index contributed by atoms with van der Waals surface area (Å²) in [7, 11) is 0. The maximum atomic E-state index is 12.8. The molecule has 1 atom stereocenters. The smallest absolute Gasteiger partial charge is 0.243 e. The number of amides is 2. The standard InChI is InChI=1S/C24H29ClN4O2/c1-18(30)29-22-9-3-2-6-19(22)16-23(29)24(31)26-10-5-11-27-12-14-28(15-13-27)21-8-4-7-20(25)17-21/h2-4,6-9,17,23H,5,10-16H2,1H3,(H,26,31)/t23-/m1/s1. The van der Waals surface area contributed by atoms with E-state index in [-0.39, 0.29) is 11.8 Å². The Labute approximate surface area is 188 Å². The molecule has 2 aliphatic rings. The summed E-state index contributed by atoms with van der Waals surface area (Å²) in [5.41, 5.74) is 3.08. The summed E-state index contributed by atoms with van der Waals surface area (Å²) in [4.78, 5) is 31.3. The number of carbonyl (C=O) groups is 2. The first-order valence-corrected chi connectivity index (χ1v) is 11.3. The van der Waals surface area contributed by atoms with Crippen molar-refractivity contribution in [1.82, 2.24) is 10.2 Å². The van der Waals surface area contributed by atoms with Gasteiger partial charge in [0.2, 0.25) is 11.8 Å². The van der Waals surface area contributed by atoms with E-state index in [2.05, 4.69) is 21.2 Å². The zero-order valence-corrected chi connectivity index (χ0v) is 18.6. The van der Waals surface area contributed by atoms with Crippen molar-refractivity contribution in [3.63, 3.8) is 0 Å². The molecule has 0 spiro atoms. The summed E-state index contributed by atoms with van der Waals surface area (Å²) in [5.74, 6) is -0.167. The second-order valence-corrected chi connectivity index (χ2v) is 8.63. The minimum atomic E-state index is -0.448. The SMILES string of the molecule is CC(=O)N1c2ccccc2C[C@@H]1C(=O)NCCCN1CCN(c2cccc(Cl)c2)CC1. The van der Waals surface area contributed by atoms with Crippen LogP contribution in [0, 0.1) is 0 Å². The van der Waals surface area contributed by atoms with Crippen LogP contribution in [0.4, 0.5) is 11.4 Å². The van der Waals surface area contributed by atoms with Gasteiger partial charge in [-0.2, -0.15) is 0 Å². The van der Waals surface area contributed by atoms with Crippen molar-refractivity contribution in [2.75, 3.05) is 49.1 Å². The number of benzene rings is 2. The van der Waals surface area contributed by atoms with Crippen molar-refractivity contribution in [3.05, 3.63) is 59.1 Å². The number of anilines is 2. The second-order valence-electron chi connectivity index (χ2n) is 8.19. The molecule has 2 aromatic carbocycles. The van der Waals surface area contributed by atoms with Crippen molar-refractivity contribution < 1.29 is 9.59 Å². The minimum Gasteiger partial charge on any atom is -0.369 e. The van der Waals surface area contributed by atoms with Crippen molar-refractivity contribution in [3.8, 4) is 0 Å². The van der Waals surface area contributed by atoms with E-state index in [0.717, 1.165) is 55.4 Å². The summed E-state index contributed by atoms with van der Waals surface area (Å²) in [5, 5.41) is 3.81. The van der Waals surface area contributed by atoms with Gasteiger partial charge in [-0.1, -0.05) is 35.9 Å². The quantitative estimate of drug-likeness (QED) is 0.702. The van der Waals surface area contributed by atoms with Gasteiger partial charge < -0.3 is 10.2 Å². The molecule has 6 nitrogen and oxygen atoms in total. The average molecular weight is 441 g/mol. The van der Waals surface area contributed by atoms with Gasteiger partial charge in [0.05, 0.1) is 0 Å². The first-order valence-electron chi connectivity index (χ1n) is 10.9. The van der Waals surface area contributed by atoms with Gasteiger partial charge in [0, 0.05) is 62.5 Å². The van der Waals surface area contributed by atoms with Crippen molar-refractivity contribution in [2.24, 2.45) is 0 Å². The molecule has 1 N–H and O–H groups in total. The summed E-state index contributed by atoms with van der Waals surface area (Å²) >= 11 is 6.11. The molecule has 0 bridgehead atoms. The third-order valence-electron chi connectivity index (χ3n) is 6.11. The van der Waals surface area contributed by atoms with E-state index in [4.69, 9.17) is 11.6 Å². The predicted molar refractivity (Wildman–Crippen MR) is 125 cm³/mol. The number of para-hydroxylation sites is 1. The zero-order valence-electron chi connectivity index (χ0n) is 17.9. The van der Waals surface area contributed by atoms with E-state index in [1.54, 1.807) is 4.90 Å². The maximum Gasteiger partial charge on any atom is 0.243 e. The Kier molecular flexibility index (Phi) is 6.78. The molecule has 2 aliphatic heterocycles. The normalized spacial score (nSPS) is 18.7. The van der Waals surface area contributed by atoms with E-state index in [9.17, 15) is 9.59 Å². The van der Waals surface area contributed by atoms with Crippen LogP contribution in [0.1, 0.15) is 18.9 Å². The molecule has 2 amide bonds. The molecule has 0 aliphatic carbocycles. The van der Waals surface area contributed by atoms with E-state index in [1.807, 2.05) is 42.5 Å². The van der Waals surface area contributed by atoms with Gasteiger partial charge in [-0.05, 0) is 42.8 Å².